The summed E-state index contributed by atoms with van der Waals surface area (Å²) in [4.78, 5) is 25.2. The second-order valence-corrected chi connectivity index (χ2v) is 9.13. The summed E-state index contributed by atoms with van der Waals surface area (Å²) in [7, 11) is 0. The highest BCUT2D eigenvalue weighted by atomic mass is 16.6. The average Bonchev–Trinajstić information content (AvgIpc) is 2.91. The molecule has 2 aliphatic rings. The molecule has 2 aliphatic heterocycles. The quantitative estimate of drug-likeness (QED) is 0.173. The SMILES string of the molecule is CCC1(C2(OC(C)=O)c3ccccc3Oc3ccccc32)c2ccccc2Oc2cccc([N+](=O)[O-])c21. The van der Waals surface area contributed by atoms with Crippen molar-refractivity contribution in [3.8, 4) is 23.0 Å². The molecule has 7 heteroatoms. The lowest BCUT2D eigenvalue weighted by Gasteiger charge is -2.53. The molecule has 0 saturated heterocycles. The Labute approximate surface area is 213 Å². The van der Waals surface area contributed by atoms with Crippen LogP contribution >= 0.6 is 0 Å². The molecule has 37 heavy (non-hydrogen) atoms. The first-order valence-electron chi connectivity index (χ1n) is 12.1. The minimum absolute atomic E-state index is 0.109. The predicted molar refractivity (Wildman–Crippen MR) is 136 cm³/mol. The van der Waals surface area contributed by atoms with Gasteiger partial charge >= 0.3 is 5.97 Å². The molecule has 0 spiro atoms. The van der Waals surface area contributed by atoms with Gasteiger partial charge < -0.3 is 14.2 Å². The van der Waals surface area contributed by atoms with Crippen LogP contribution in [0.4, 0.5) is 5.69 Å². The lowest BCUT2D eigenvalue weighted by atomic mass is 9.55. The number of ether oxygens (including phenoxy) is 3. The minimum Gasteiger partial charge on any atom is -0.456 e. The highest BCUT2D eigenvalue weighted by Crippen LogP contribution is 2.66. The van der Waals surface area contributed by atoms with Crippen LogP contribution in [0.25, 0.3) is 0 Å². The van der Waals surface area contributed by atoms with Crippen LogP contribution in [0.1, 0.15) is 42.5 Å². The van der Waals surface area contributed by atoms with Gasteiger partial charge in [0.25, 0.3) is 5.69 Å². The summed E-state index contributed by atoms with van der Waals surface area (Å²) in [6.07, 6.45) is 0.348. The molecule has 1 unspecified atom stereocenters. The van der Waals surface area contributed by atoms with E-state index in [0.29, 0.717) is 51.7 Å². The second-order valence-electron chi connectivity index (χ2n) is 9.13. The maximum absolute atomic E-state index is 13.1. The fourth-order valence-corrected chi connectivity index (χ4v) is 6.16. The van der Waals surface area contributed by atoms with Gasteiger partial charge in [-0.3, -0.25) is 14.9 Å². The van der Waals surface area contributed by atoms with Gasteiger partial charge in [0.15, 0.2) is 5.60 Å². The Hall–Kier alpha value is -4.65. The third kappa shape index (κ3) is 2.97. The zero-order valence-corrected chi connectivity index (χ0v) is 20.3. The van der Waals surface area contributed by atoms with E-state index in [0.717, 1.165) is 0 Å². The van der Waals surface area contributed by atoms with Gasteiger partial charge in [-0.2, -0.15) is 0 Å². The number of hydrogen-bond donors (Lipinski definition) is 0. The Morgan fingerprint density at radius 1 is 0.784 bits per heavy atom. The van der Waals surface area contributed by atoms with E-state index in [1.807, 2.05) is 79.7 Å². The minimum atomic E-state index is -1.51. The van der Waals surface area contributed by atoms with Crippen molar-refractivity contribution >= 4 is 11.7 Å². The lowest BCUT2D eigenvalue weighted by Crippen LogP contribution is -2.55. The first kappa shape index (κ1) is 22.8. The summed E-state index contributed by atoms with van der Waals surface area (Å²) in [5.74, 6) is 1.40. The fourth-order valence-electron chi connectivity index (χ4n) is 6.16. The number of benzene rings is 4. The van der Waals surface area contributed by atoms with Crippen LogP contribution in [-0.2, 0) is 20.5 Å². The molecule has 4 aromatic carbocycles. The van der Waals surface area contributed by atoms with Crippen LogP contribution in [0.3, 0.4) is 0 Å². The fraction of sp³-hybridized carbons (Fsp3) is 0.167. The molecule has 7 nitrogen and oxygen atoms in total. The predicted octanol–water partition coefficient (Wildman–Crippen LogP) is 7.01. The monoisotopic (exact) mass is 493 g/mol. The van der Waals surface area contributed by atoms with Gasteiger partial charge in [0.05, 0.1) is 15.9 Å². The van der Waals surface area contributed by atoms with Crippen molar-refractivity contribution in [2.75, 3.05) is 0 Å². The van der Waals surface area contributed by atoms with E-state index in [1.165, 1.54) is 13.0 Å². The van der Waals surface area contributed by atoms with Gasteiger partial charge in [-0.25, -0.2) is 0 Å². The van der Waals surface area contributed by atoms with Crippen LogP contribution in [0.5, 0.6) is 23.0 Å². The van der Waals surface area contributed by atoms with E-state index < -0.39 is 21.9 Å². The van der Waals surface area contributed by atoms with Gasteiger partial charge in [-0.1, -0.05) is 67.6 Å². The second kappa shape index (κ2) is 8.20. The summed E-state index contributed by atoms with van der Waals surface area (Å²) in [5.41, 5.74) is -0.622. The van der Waals surface area contributed by atoms with Crippen molar-refractivity contribution in [2.45, 2.75) is 31.3 Å². The number of fused-ring (bicyclic) bond motifs is 4. The number of esters is 1. The molecule has 184 valence electrons. The molecule has 1 atom stereocenters. The van der Waals surface area contributed by atoms with E-state index in [4.69, 9.17) is 14.2 Å². The number of nitro groups is 1. The van der Waals surface area contributed by atoms with E-state index in [-0.39, 0.29) is 5.69 Å². The number of carbonyl (C=O) groups is 1. The van der Waals surface area contributed by atoms with Crippen LogP contribution in [0.2, 0.25) is 0 Å². The molecule has 0 saturated carbocycles. The van der Waals surface area contributed by atoms with Crippen LogP contribution in [0, 0.1) is 10.1 Å². The highest BCUT2D eigenvalue weighted by Gasteiger charge is 2.65. The number of hydrogen-bond acceptors (Lipinski definition) is 6. The van der Waals surface area contributed by atoms with Crippen molar-refractivity contribution in [1.29, 1.82) is 0 Å². The van der Waals surface area contributed by atoms with Crippen LogP contribution < -0.4 is 9.47 Å². The van der Waals surface area contributed by atoms with E-state index in [9.17, 15) is 14.9 Å². The molecule has 2 heterocycles. The van der Waals surface area contributed by atoms with Gasteiger partial charge in [0.2, 0.25) is 0 Å². The molecule has 0 bridgehead atoms. The molecular formula is C30H23NO6. The van der Waals surface area contributed by atoms with Crippen LogP contribution in [0.15, 0.2) is 91.0 Å². The van der Waals surface area contributed by atoms with Crippen LogP contribution in [-0.4, -0.2) is 10.9 Å². The molecule has 0 radical (unpaired) electrons. The van der Waals surface area contributed by atoms with E-state index >= 15 is 0 Å². The van der Waals surface area contributed by atoms with E-state index in [2.05, 4.69) is 0 Å². The third-order valence-electron chi connectivity index (χ3n) is 7.38. The Bertz CT molecular complexity index is 1530. The molecule has 0 aliphatic carbocycles. The first-order chi connectivity index (χ1) is 17.9. The summed E-state index contributed by atoms with van der Waals surface area (Å²) in [6.45, 7) is 3.31. The smallest absolute Gasteiger partial charge is 0.303 e. The zero-order chi connectivity index (χ0) is 25.8. The van der Waals surface area contributed by atoms with Crippen molar-refractivity contribution in [3.05, 3.63) is 123 Å². The molecule has 0 amide bonds. The Morgan fingerprint density at radius 3 is 1.81 bits per heavy atom. The standard InChI is InChI=1S/C30H23NO6/c1-3-29(20-11-4-7-15-24(20)36-27-18-10-14-23(28(27)29)31(33)34)30(37-19(2)32)21-12-5-8-16-25(21)35-26-17-9-6-13-22(26)30/h4-18H,3H2,1-2H3. The summed E-state index contributed by atoms with van der Waals surface area (Å²) < 4.78 is 19.1. The first-order valence-corrected chi connectivity index (χ1v) is 12.1. The summed E-state index contributed by atoms with van der Waals surface area (Å²) >= 11 is 0. The Morgan fingerprint density at radius 2 is 1.27 bits per heavy atom. The maximum atomic E-state index is 13.1. The molecule has 0 N–H and O–H groups in total. The molecule has 0 aromatic heterocycles. The molecule has 4 aromatic rings. The number of nitrogens with zero attached hydrogens (tertiary/aromatic N) is 1. The van der Waals surface area contributed by atoms with Gasteiger partial charge in [0, 0.05) is 29.7 Å². The van der Waals surface area contributed by atoms with Crippen molar-refractivity contribution in [1.82, 2.24) is 0 Å². The van der Waals surface area contributed by atoms with E-state index in [1.54, 1.807) is 12.1 Å². The number of carbonyl (C=O) groups excluding carboxylic acids is 1. The van der Waals surface area contributed by atoms with Gasteiger partial charge in [-0.05, 0) is 30.7 Å². The largest absolute Gasteiger partial charge is 0.456 e. The molecule has 0 fully saturated rings. The topological polar surface area (TPSA) is 87.9 Å². The highest BCUT2D eigenvalue weighted by molar-refractivity contribution is 5.75. The normalized spacial score (nSPS) is 18.1. The Balaban J connectivity index is 1.88. The summed E-state index contributed by atoms with van der Waals surface area (Å²) in [5, 5.41) is 12.5. The number of rotatable bonds is 4. The Kier molecular flexibility index (Phi) is 5.05. The zero-order valence-electron chi connectivity index (χ0n) is 20.3. The lowest BCUT2D eigenvalue weighted by molar-refractivity contribution is -0.386. The average molecular weight is 494 g/mol. The van der Waals surface area contributed by atoms with Crippen molar-refractivity contribution < 1.29 is 23.9 Å². The van der Waals surface area contributed by atoms with Gasteiger partial charge in [-0.15, -0.1) is 0 Å². The maximum Gasteiger partial charge on any atom is 0.303 e. The number of nitro benzene ring substituents is 1. The third-order valence-corrected chi connectivity index (χ3v) is 7.38. The molecular weight excluding hydrogens is 470 g/mol. The summed E-state index contributed by atoms with van der Waals surface area (Å²) in [6, 6.07) is 27.0. The number of para-hydroxylation sites is 3. The molecule has 6 rings (SSSR count). The van der Waals surface area contributed by atoms with Gasteiger partial charge in [0.1, 0.15) is 23.0 Å². The van der Waals surface area contributed by atoms with Crippen molar-refractivity contribution in [2.24, 2.45) is 0 Å². The van der Waals surface area contributed by atoms with Crippen molar-refractivity contribution in [3.63, 3.8) is 0 Å².